The van der Waals surface area contributed by atoms with Gasteiger partial charge in [0.1, 0.15) is 0 Å². The van der Waals surface area contributed by atoms with Crippen LogP contribution in [0.5, 0.6) is 0 Å². The maximum Gasteiger partial charge on any atom is 0.325 e. The van der Waals surface area contributed by atoms with Crippen LogP contribution in [0.2, 0.25) is 0 Å². The van der Waals surface area contributed by atoms with Crippen molar-refractivity contribution in [2.24, 2.45) is 0 Å². The van der Waals surface area contributed by atoms with Gasteiger partial charge in [-0.3, -0.25) is 0 Å². The summed E-state index contributed by atoms with van der Waals surface area (Å²) in [6, 6.07) is 6.85. The van der Waals surface area contributed by atoms with Crippen molar-refractivity contribution in [1.29, 1.82) is 0 Å². The molecule has 1 nitrogen and oxygen atoms in total. The molecule has 0 aliphatic carbocycles. The molecule has 13 heavy (non-hydrogen) atoms. The highest BCUT2D eigenvalue weighted by Gasteiger charge is 2.41. The number of alkyl halides is 2. The second-order valence-electron chi connectivity index (χ2n) is 3.18. The Labute approximate surface area is 76.0 Å². The molecule has 1 saturated heterocycles. The molecule has 1 aromatic rings. The second kappa shape index (κ2) is 2.98. The molecular formula is C10H10F2N. The topological polar surface area (TPSA) is 3.24 Å². The lowest BCUT2D eigenvalue weighted by molar-refractivity contribution is 0.0130. The fourth-order valence-electron chi connectivity index (χ4n) is 1.62. The molecule has 0 unspecified atom stereocenters. The average molecular weight is 182 g/mol. The van der Waals surface area contributed by atoms with E-state index in [0.29, 0.717) is 18.7 Å². The first kappa shape index (κ1) is 8.48. The van der Waals surface area contributed by atoms with Gasteiger partial charge in [0.05, 0.1) is 0 Å². The molecule has 1 aliphatic heterocycles. The van der Waals surface area contributed by atoms with E-state index in [1.54, 1.807) is 24.3 Å². The zero-order valence-corrected chi connectivity index (χ0v) is 7.13. The van der Waals surface area contributed by atoms with Crippen molar-refractivity contribution in [2.45, 2.75) is 18.9 Å². The minimum absolute atomic E-state index is 0.0398. The summed E-state index contributed by atoms with van der Waals surface area (Å²) < 4.78 is 26.4. The van der Waals surface area contributed by atoms with Crippen molar-refractivity contribution in [1.82, 2.24) is 0 Å². The molecule has 1 aromatic carbocycles. The second-order valence-corrected chi connectivity index (χ2v) is 3.18. The van der Waals surface area contributed by atoms with E-state index >= 15 is 0 Å². The Morgan fingerprint density at radius 1 is 1.46 bits per heavy atom. The van der Waals surface area contributed by atoms with E-state index in [-0.39, 0.29) is 6.42 Å². The molecule has 3 heteroatoms. The Balaban J connectivity index is 2.27. The number of nitrogens with zero attached hydrogens (tertiary/aromatic N) is 1. The molecule has 0 aromatic heterocycles. The Kier molecular flexibility index (Phi) is 1.94. The Morgan fingerprint density at radius 3 is 2.85 bits per heavy atom. The fourth-order valence-corrected chi connectivity index (χ4v) is 1.62. The van der Waals surface area contributed by atoms with Crippen LogP contribution in [0.3, 0.4) is 0 Å². The van der Waals surface area contributed by atoms with Crippen LogP contribution in [0, 0.1) is 6.07 Å². The molecule has 0 N–H and O–H groups in total. The lowest BCUT2D eigenvalue weighted by Crippen LogP contribution is -2.35. The number of rotatable bonds is 1. The molecule has 1 fully saturated rings. The van der Waals surface area contributed by atoms with Gasteiger partial charge in [-0.15, -0.1) is 0 Å². The van der Waals surface area contributed by atoms with Crippen LogP contribution >= 0.6 is 0 Å². The largest absolute Gasteiger partial charge is 0.325 e. The van der Waals surface area contributed by atoms with Crippen LogP contribution in [0.15, 0.2) is 24.3 Å². The monoisotopic (exact) mass is 182 g/mol. The Morgan fingerprint density at radius 2 is 2.31 bits per heavy atom. The Bertz CT molecular complexity index is 284. The summed E-state index contributed by atoms with van der Waals surface area (Å²) in [7, 11) is 0. The number of hydrogen-bond donors (Lipinski definition) is 0. The summed E-state index contributed by atoms with van der Waals surface area (Å²) in [6.07, 6.45) is 0.518. The van der Waals surface area contributed by atoms with Gasteiger partial charge in [0.2, 0.25) is 0 Å². The van der Waals surface area contributed by atoms with Crippen molar-refractivity contribution < 1.29 is 8.78 Å². The summed E-state index contributed by atoms with van der Waals surface area (Å²) >= 11 is 0. The Hall–Kier alpha value is -1.12. The van der Waals surface area contributed by atoms with Gasteiger partial charge in [-0.25, -0.2) is 0 Å². The maximum absolute atomic E-state index is 13.2. The van der Waals surface area contributed by atoms with E-state index in [1.165, 1.54) is 0 Å². The van der Waals surface area contributed by atoms with Gasteiger partial charge in [0, 0.05) is 18.7 Å². The third-order valence-electron chi connectivity index (χ3n) is 2.26. The molecule has 0 atom stereocenters. The minimum atomic E-state index is -2.67. The fraction of sp³-hybridized carbons (Fsp3) is 0.400. The lowest BCUT2D eigenvalue weighted by atomic mass is 10.3. The summed E-state index contributed by atoms with van der Waals surface area (Å²) in [6.45, 7) is 0.435. The van der Waals surface area contributed by atoms with Gasteiger partial charge in [-0.2, -0.15) is 8.78 Å². The molecule has 0 spiro atoms. The summed E-state index contributed by atoms with van der Waals surface area (Å²) in [5.41, 5.74) is 0.560. The van der Waals surface area contributed by atoms with Crippen molar-refractivity contribution in [3.05, 3.63) is 30.3 Å². The highest BCUT2D eigenvalue weighted by atomic mass is 19.3. The molecule has 0 bridgehead atoms. The zero-order chi connectivity index (χ0) is 9.31. The van der Waals surface area contributed by atoms with E-state index in [2.05, 4.69) is 6.07 Å². The number of benzene rings is 1. The van der Waals surface area contributed by atoms with E-state index in [9.17, 15) is 8.78 Å². The maximum atomic E-state index is 13.2. The van der Waals surface area contributed by atoms with Gasteiger partial charge in [-0.05, 0) is 24.6 Å². The third kappa shape index (κ3) is 1.50. The third-order valence-corrected chi connectivity index (χ3v) is 2.26. The van der Waals surface area contributed by atoms with E-state index < -0.39 is 6.05 Å². The zero-order valence-electron chi connectivity index (χ0n) is 7.13. The quantitative estimate of drug-likeness (QED) is 0.603. The normalized spacial score (nSPS) is 20.6. The van der Waals surface area contributed by atoms with Crippen LogP contribution in [0.25, 0.3) is 0 Å². The van der Waals surface area contributed by atoms with Crippen molar-refractivity contribution in [2.75, 3.05) is 11.4 Å². The molecule has 1 aliphatic rings. The van der Waals surface area contributed by atoms with Gasteiger partial charge >= 0.3 is 6.05 Å². The number of halogens is 2. The first-order valence-corrected chi connectivity index (χ1v) is 4.32. The van der Waals surface area contributed by atoms with Gasteiger partial charge in [0.25, 0.3) is 0 Å². The first-order chi connectivity index (χ1) is 6.20. The summed E-state index contributed by atoms with van der Waals surface area (Å²) in [4.78, 5) is 1.14. The first-order valence-electron chi connectivity index (χ1n) is 4.32. The molecule has 2 rings (SSSR count). The predicted molar refractivity (Wildman–Crippen MR) is 46.8 cm³/mol. The van der Waals surface area contributed by atoms with Crippen LogP contribution in [0.4, 0.5) is 14.5 Å². The van der Waals surface area contributed by atoms with Gasteiger partial charge < -0.3 is 4.90 Å². The number of hydrogen-bond acceptors (Lipinski definition) is 1. The van der Waals surface area contributed by atoms with Crippen LogP contribution < -0.4 is 4.90 Å². The molecular weight excluding hydrogens is 172 g/mol. The molecule has 0 amide bonds. The summed E-state index contributed by atoms with van der Waals surface area (Å²) in [5, 5.41) is 0. The van der Waals surface area contributed by atoms with E-state index in [0.717, 1.165) is 4.90 Å². The predicted octanol–water partition coefficient (Wildman–Crippen LogP) is 2.68. The average Bonchev–Trinajstić information content (AvgIpc) is 2.47. The molecule has 1 radical (unpaired) electrons. The highest BCUT2D eigenvalue weighted by Crippen LogP contribution is 2.35. The van der Waals surface area contributed by atoms with Gasteiger partial charge in [-0.1, -0.05) is 12.1 Å². The SMILES string of the molecule is FC1(F)CCCN1c1c[c]ccc1. The smallest absolute Gasteiger partial charge is 0.313 e. The highest BCUT2D eigenvalue weighted by molar-refractivity contribution is 5.47. The van der Waals surface area contributed by atoms with Gasteiger partial charge in [0.15, 0.2) is 0 Å². The summed E-state index contributed by atoms with van der Waals surface area (Å²) in [5.74, 6) is 0. The van der Waals surface area contributed by atoms with E-state index in [1.807, 2.05) is 0 Å². The van der Waals surface area contributed by atoms with Crippen LogP contribution in [-0.4, -0.2) is 12.6 Å². The van der Waals surface area contributed by atoms with Crippen LogP contribution in [0.1, 0.15) is 12.8 Å². The van der Waals surface area contributed by atoms with Crippen molar-refractivity contribution >= 4 is 5.69 Å². The molecule has 0 saturated carbocycles. The van der Waals surface area contributed by atoms with Crippen molar-refractivity contribution in [3.63, 3.8) is 0 Å². The van der Waals surface area contributed by atoms with E-state index in [4.69, 9.17) is 0 Å². The standard InChI is InChI=1S/C10H10F2N/c11-10(12)7-4-8-13(10)9-5-2-1-3-6-9/h1-2,5-6H,4,7-8H2. The number of anilines is 1. The molecule has 1 heterocycles. The van der Waals surface area contributed by atoms with Crippen molar-refractivity contribution in [3.8, 4) is 0 Å². The molecule has 69 valence electrons. The lowest BCUT2D eigenvalue weighted by Gasteiger charge is -2.25. The van der Waals surface area contributed by atoms with Crippen LogP contribution in [-0.2, 0) is 0 Å². The minimum Gasteiger partial charge on any atom is -0.313 e.